The molecule has 0 heterocycles. The topological polar surface area (TPSA) is 83.5 Å². The summed E-state index contributed by atoms with van der Waals surface area (Å²) in [5.74, 6) is 2.43. The number of allylic oxidation sites excluding steroid dienone is 2. The van der Waals surface area contributed by atoms with Gasteiger partial charge in [-0.25, -0.2) is 0 Å². The summed E-state index contributed by atoms with van der Waals surface area (Å²) >= 11 is 0. The Bertz CT molecular complexity index is 1250. The van der Waals surface area contributed by atoms with Gasteiger partial charge in [0.15, 0.2) is 28.8 Å². The molecule has 0 bridgehead atoms. The average Bonchev–Trinajstić information content (AvgIpc) is 2.91. The lowest BCUT2D eigenvalue weighted by molar-refractivity contribution is 0.104. The second kappa shape index (κ2) is 12.4. The molecule has 0 radical (unpaired) electrons. The molecule has 0 aromatic heterocycles. The SMILES string of the molecule is COc1cccc(C(=O)/C=C\Cc2cc(OC)c(O)cc2/C=C\c2cc(OC)c(OC)c(OC)c2)c1. The molecule has 3 aromatic rings. The number of hydrogen-bond acceptors (Lipinski definition) is 7. The van der Waals surface area contributed by atoms with E-state index >= 15 is 0 Å². The number of phenols is 1. The van der Waals surface area contributed by atoms with Gasteiger partial charge in [0.25, 0.3) is 0 Å². The number of rotatable bonds is 11. The molecular formula is C29H30O7. The third kappa shape index (κ3) is 6.18. The molecule has 0 amide bonds. The van der Waals surface area contributed by atoms with E-state index in [2.05, 4.69) is 0 Å². The van der Waals surface area contributed by atoms with Gasteiger partial charge in [-0.15, -0.1) is 0 Å². The van der Waals surface area contributed by atoms with Crippen LogP contribution in [0.4, 0.5) is 0 Å². The van der Waals surface area contributed by atoms with Crippen LogP contribution < -0.4 is 23.7 Å². The monoisotopic (exact) mass is 490 g/mol. The molecule has 0 aliphatic heterocycles. The van der Waals surface area contributed by atoms with Crippen LogP contribution in [0, 0.1) is 0 Å². The third-order valence-electron chi connectivity index (χ3n) is 5.54. The van der Waals surface area contributed by atoms with E-state index in [1.807, 2.05) is 24.3 Å². The Morgan fingerprint density at radius 1 is 0.806 bits per heavy atom. The number of ketones is 1. The van der Waals surface area contributed by atoms with E-state index in [1.54, 1.807) is 70.9 Å². The second-order valence-corrected chi connectivity index (χ2v) is 7.72. The summed E-state index contributed by atoms with van der Waals surface area (Å²) < 4.78 is 26.7. The predicted octanol–water partition coefficient (Wildman–Crippen LogP) is 5.59. The Morgan fingerprint density at radius 3 is 2.11 bits per heavy atom. The first-order valence-electron chi connectivity index (χ1n) is 11.2. The van der Waals surface area contributed by atoms with Gasteiger partial charge < -0.3 is 28.8 Å². The summed E-state index contributed by atoms with van der Waals surface area (Å²) in [4.78, 5) is 12.6. The molecule has 0 spiro atoms. The first-order valence-corrected chi connectivity index (χ1v) is 11.2. The molecule has 7 heteroatoms. The van der Waals surface area contributed by atoms with E-state index in [-0.39, 0.29) is 11.5 Å². The van der Waals surface area contributed by atoms with Crippen LogP contribution in [-0.4, -0.2) is 46.4 Å². The Balaban J connectivity index is 1.90. The van der Waals surface area contributed by atoms with Gasteiger partial charge in [0, 0.05) is 5.56 Å². The van der Waals surface area contributed by atoms with Crippen molar-refractivity contribution in [3.8, 4) is 34.5 Å². The zero-order chi connectivity index (χ0) is 26.1. The van der Waals surface area contributed by atoms with Crippen molar-refractivity contribution >= 4 is 17.9 Å². The zero-order valence-electron chi connectivity index (χ0n) is 21.0. The van der Waals surface area contributed by atoms with Crippen molar-refractivity contribution in [1.29, 1.82) is 0 Å². The molecule has 0 saturated carbocycles. The van der Waals surface area contributed by atoms with Crippen molar-refractivity contribution in [1.82, 2.24) is 0 Å². The van der Waals surface area contributed by atoms with Gasteiger partial charge in [-0.05, 0) is 65.6 Å². The van der Waals surface area contributed by atoms with Gasteiger partial charge in [-0.1, -0.05) is 30.4 Å². The van der Waals surface area contributed by atoms with Crippen molar-refractivity contribution in [3.05, 3.63) is 82.9 Å². The molecule has 0 saturated heterocycles. The first-order chi connectivity index (χ1) is 17.4. The van der Waals surface area contributed by atoms with E-state index in [0.717, 1.165) is 16.7 Å². The Kier molecular flexibility index (Phi) is 9.00. The summed E-state index contributed by atoms with van der Waals surface area (Å²) in [5.41, 5.74) is 2.98. The smallest absolute Gasteiger partial charge is 0.203 e. The first kappa shape index (κ1) is 26.2. The third-order valence-corrected chi connectivity index (χ3v) is 5.54. The highest BCUT2D eigenvalue weighted by Gasteiger charge is 2.13. The molecule has 36 heavy (non-hydrogen) atoms. The van der Waals surface area contributed by atoms with Crippen LogP contribution in [0.15, 0.2) is 60.7 Å². The lowest BCUT2D eigenvalue weighted by atomic mass is 10.0. The molecule has 0 aliphatic rings. The quantitative estimate of drug-likeness (QED) is 0.213. The molecule has 7 nitrogen and oxygen atoms in total. The molecule has 1 N–H and O–H groups in total. The highest BCUT2D eigenvalue weighted by Crippen LogP contribution is 2.39. The van der Waals surface area contributed by atoms with Crippen LogP contribution >= 0.6 is 0 Å². The van der Waals surface area contributed by atoms with E-state index in [4.69, 9.17) is 23.7 Å². The molecule has 3 aromatic carbocycles. The summed E-state index contributed by atoms with van der Waals surface area (Å²) in [6.07, 6.45) is 7.50. The minimum atomic E-state index is -0.130. The van der Waals surface area contributed by atoms with Crippen LogP contribution in [0.5, 0.6) is 34.5 Å². The summed E-state index contributed by atoms with van der Waals surface area (Å²) in [5, 5.41) is 10.4. The van der Waals surface area contributed by atoms with E-state index < -0.39 is 0 Å². The molecule has 0 aliphatic carbocycles. The van der Waals surface area contributed by atoms with Crippen LogP contribution in [-0.2, 0) is 6.42 Å². The van der Waals surface area contributed by atoms with Gasteiger partial charge in [0.2, 0.25) is 5.75 Å². The van der Waals surface area contributed by atoms with Gasteiger partial charge in [-0.2, -0.15) is 0 Å². The minimum Gasteiger partial charge on any atom is -0.504 e. The van der Waals surface area contributed by atoms with Crippen LogP contribution in [0.3, 0.4) is 0 Å². The number of aromatic hydroxyl groups is 1. The highest BCUT2D eigenvalue weighted by molar-refractivity contribution is 6.04. The lowest BCUT2D eigenvalue weighted by Gasteiger charge is -2.13. The largest absolute Gasteiger partial charge is 0.504 e. The zero-order valence-corrected chi connectivity index (χ0v) is 21.0. The number of hydrogen-bond donors (Lipinski definition) is 1. The van der Waals surface area contributed by atoms with Crippen molar-refractivity contribution in [3.63, 3.8) is 0 Å². The van der Waals surface area contributed by atoms with E-state index in [9.17, 15) is 9.90 Å². The van der Waals surface area contributed by atoms with Crippen LogP contribution in [0.25, 0.3) is 12.2 Å². The van der Waals surface area contributed by atoms with Gasteiger partial charge in [0.1, 0.15) is 5.75 Å². The van der Waals surface area contributed by atoms with Crippen LogP contribution in [0.1, 0.15) is 27.0 Å². The maximum Gasteiger partial charge on any atom is 0.203 e. The number of benzene rings is 3. The number of carbonyl (C=O) groups excluding carboxylic acids is 1. The van der Waals surface area contributed by atoms with Gasteiger partial charge in [-0.3, -0.25) is 4.79 Å². The summed E-state index contributed by atoms with van der Waals surface area (Å²) in [6.45, 7) is 0. The molecular weight excluding hydrogens is 460 g/mol. The van der Waals surface area contributed by atoms with Crippen molar-refractivity contribution in [2.45, 2.75) is 6.42 Å². The van der Waals surface area contributed by atoms with Crippen LogP contribution in [0.2, 0.25) is 0 Å². The van der Waals surface area contributed by atoms with E-state index in [1.165, 1.54) is 13.2 Å². The maximum absolute atomic E-state index is 12.6. The summed E-state index contributed by atoms with van der Waals surface area (Å²) in [7, 11) is 7.72. The molecule has 188 valence electrons. The fourth-order valence-electron chi connectivity index (χ4n) is 3.67. The molecule has 3 rings (SSSR count). The molecule has 0 atom stereocenters. The standard InChI is InChI=1S/C29H30O7/c1-32-23-10-6-9-22(16-23)24(30)11-7-8-20-18-26(33-2)25(31)17-21(20)13-12-19-14-27(34-3)29(36-5)28(15-19)35-4/h6-7,9-18,31H,8H2,1-5H3/b11-7-,13-12-. The molecule has 0 unspecified atom stereocenters. The van der Waals surface area contributed by atoms with Gasteiger partial charge >= 0.3 is 0 Å². The predicted molar refractivity (Wildman–Crippen MR) is 140 cm³/mol. The lowest BCUT2D eigenvalue weighted by Crippen LogP contribution is -1.96. The highest BCUT2D eigenvalue weighted by atomic mass is 16.5. The van der Waals surface area contributed by atoms with Crippen molar-refractivity contribution in [2.24, 2.45) is 0 Å². The summed E-state index contributed by atoms with van der Waals surface area (Å²) in [6, 6.07) is 14.0. The van der Waals surface area contributed by atoms with Gasteiger partial charge in [0.05, 0.1) is 35.5 Å². The number of ether oxygens (including phenoxy) is 5. The normalized spacial score (nSPS) is 11.0. The second-order valence-electron chi connectivity index (χ2n) is 7.72. The average molecular weight is 491 g/mol. The minimum absolute atomic E-state index is 0.0160. The number of phenolic OH excluding ortho intramolecular Hbond substituents is 1. The van der Waals surface area contributed by atoms with Crippen molar-refractivity contribution < 1.29 is 33.6 Å². The maximum atomic E-state index is 12.6. The Labute approximate surface area is 211 Å². The fraction of sp³-hybridized carbons (Fsp3) is 0.207. The number of methoxy groups -OCH3 is 5. The Hall–Kier alpha value is -4.39. The van der Waals surface area contributed by atoms with E-state index in [0.29, 0.717) is 40.7 Å². The number of carbonyl (C=O) groups is 1. The molecule has 0 fully saturated rings. The Morgan fingerprint density at radius 2 is 1.50 bits per heavy atom. The fourth-order valence-corrected chi connectivity index (χ4v) is 3.67. The van der Waals surface area contributed by atoms with Crippen molar-refractivity contribution in [2.75, 3.05) is 35.5 Å².